The molecule has 0 atom stereocenters. The summed E-state index contributed by atoms with van der Waals surface area (Å²) >= 11 is 19.6. The number of thiazole rings is 1. The molecule has 0 radical (unpaired) electrons. The Morgan fingerprint density at radius 3 is 2.54 bits per heavy atom. The van der Waals surface area contributed by atoms with Crippen molar-refractivity contribution in [1.29, 1.82) is 0 Å². The van der Waals surface area contributed by atoms with Gasteiger partial charge in [0.15, 0.2) is 4.80 Å². The highest BCUT2D eigenvalue weighted by Gasteiger charge is 2.12. The first-order chi connectivity index (χ1) is 11.5. The lowest BCUT2D eigenvalue weighted by Gasteiger charge is -2.03. The second-order valence-electron chi connectivity index (χ2n) is 4.94. The summed E-state index contributed by atoms with van der Waals surface area (Å²) in [6, 6.07) is 10.1. The second-order valence-corrected chi connectivity index (χ2v) is 7.23. The Bertz CT molecular complexity index is 1000. The predicted molar refractivity (Wildman–Crippen MR) is 101 cm³/mol. The van der Waals surface area contributed by atoms with Gasteiger partial charge in [-0.1, -0.05) is 52.2 Å². The maximum Gasteiger partial charge on any atom is 0.279 e. The molecule has 3 rings (SSSR count). The third kappa shape index (κ3) is 3.42. The van der Waals surface area contributed by atoms with Crippen LogP contribution in [0.15, 0.2) is 54.0 Å². The zero-order valence-corrected chi connectivity index (χ0v) is 15.4. The number of carbonyl (C=O) groups is 1. The van der Waals surface area contributed by atoms with Crippen molar-refractivity contribution in [1.82, 2.24) is 4.57 Å². The second kappa shape index (κ2) is 7.11. The van der Waals surface area contributed by atoms with Crippen molar-refractivity contribution in [3.05, 3.63) is 74.5 Å². The van der Waals surface area contributed by atoms with Crippen LogP contribution < -0.4 is 4.80 Å². The molecular formula is C17H11Cl3N2OS. The molecule has 24 heavy (non-hydrogen) atoms. The third-order valence-electron chi connectivity index (χ3n) is 3.30. The molecular weight excluding hydrogens is 387 g/mol. The Kier molecular flexibility index (Phi) is 5.11. The largest absolute Gasteiger partial charge is 0.311 e. The Morgan fingerprint density at radius 2 is 1.88 bits per heavy atom. The van der Waals surface area contributed by atoms with Gasteiger partial charge in [0.1, 0.15) is 0 Å². The molecule has 1 heterocycles. The van der Waals surface area contributed by atoms with E-state index in [0.717, 1.165) is 10.2 Å². The van der Waals surface area contributed by atoms with Gasteiger partial charge in [-0.2, -0.15) is 4.99 Å². The van der Waals surface area contributed by atoms with E-state index in [4.69, 9.17) is 34.8 Å². The first kappa shape index (κ1) is 17.2. The molecule has 0 fully saturated rings. The van der Waals surface area contributed by atoms with Crippen LogP contribution in [0.3, 0.4) is 0 Å². The number of benzene rings is 2. The summed E-state index contributed by atoms with van der Waals surface area (Å²) in [5, 5.41) is 1.61. The van der Waals surface area contributed by atoms with E-state index in [-0.39, 0.29) is 5.91 Å². The number of amides is 1. The SMILES string of the molecule is C=CCn1c(=NC(=O)c2ccc(Cl)cc2)sc2cc(Cl)cc(Cl)c21. The van der Waals surface area contributed by atoms with Gasteiger partial charge in [-0.05, 0) is 36.4 Å². The summed E-state index contributed by atoms with van der Waals surface area (Å²) in [7, 11) is 0. The quantitative estimate of drug-likeness (QED) is 0.530. The standard InChI is InChI=1S/C17H11Cl3N2OS/c1-2-7-22-15-13(20)8-12(19)9-14(15)24-17(22)21-16(23)10-3-5-11(18)6-4-10/h2-6,8-9H,1,7H2. The zero-order valence-electron chi connectivity index (χ0n) is 12.3. The van der Waals surface area contributed by atoms with Crippen molar-refractivity contribution in [3.8, 4) is 0 Å². The third-order valence-corrected chi connectivity index (χ3v) is 5.08. The van der Waals surface area contributed by atoms with Gasteiger partial charge >= 0.3 is 0 Å². The van der Waals surface area contributed by atoms with Crippen LogP contribution in [0.5, 0.6) is 0 Å². The number of aromatic nitrogens is 1. The highest BCUT2D eigenvalue weighted by atomic mass is 35.5. The summed E-state index contributed by atoms with van der Waals surface area (Å²) in [5.74, 6) is -0.349. The average Bonchev–Trinajstić information content (AvgIpc) is 2.85. The summed E-state index contributed by atoms with van der Waals surface area (Å²) in [6.45, 7) is 4.23. The van der Waals surface area contributed by atoms with Crippen molar-refractivity contribution in [2.24, 2.45) is 4.99 Å². The van der Waals surface area contributed by atoms with Crippen molar-refractivity contribution in [3.63, 3.8) is 0 Å². The van der Waals surface area contributed by atoms with Crippen molar-refractivity contribution in [2.75, 3.05) is 0 Å². The topological polar surface area (TPSA) is 34.4 Å². The van der Waals surface area contributed by atoms with Gasteiger partial charge < -0.3 is 4.57 Å². The number of carbonyl (C=O) groups excluding carboxylic acids is 1. The number of hydrogen-bond donors (Lipinski definition) is 0. The Labute approximate surface area is 157 Å². The van der Waals surface area contributed by atoms with Gasteiger partial charge in [0, 0.05) is 22.2 Å². The highest BCUT2D eigenvalue weighted by molar-refractivity contribution is 7.16. The minimum Gasteiger partial charge on any atom is -0.311 e. The fourth-order valence-electron chi connectivity index (χ4n) is 2.26. The summed E-state index contributed by atoms with van der Waals surface area (Å²) < 4.78 is 2.71. The van der Waals surface area contributed by atoms with Crippen LogP contribution in [0.4, 0.5) is 0 Å². The molecule has 0 bridgehead atoms. The summed E-state index contributed by atoms with van der Waals surface area (Å²) in [5.41, 5.74) is 1.25. The predicted octanol–water partition coefficient (Wildman–Crippen LogP) is 5.59. The molecule has 0 aliphatic heterocycles. The number of hydrogen-bond acceptors (Lipinski definition) is 2. The monoisotopic (exact) mass is 396 g/mol. The number of rotatable bonds is 3. The fraction of sp³-hybridized carbons (Fsp3) is 0.0588. The van der Waals surface area contributed by atoms with E-state index in [1.807, 2.05) is 4.57 Å². The molecule has 122 valence electrons. The van der Waals surface area contributed by atoms with E-state index in [2.05, 4.69) is 11.6 Å². The van der Waals surface area contributed by atoms with Crippen LogP contribution in [0.2, 0.25) is 15.1 Å². The molecule has 1 amide bonds. The molecule has 0 aliphatic carbocycles. The minimum atomic E-state index is -0.349. The molecule has 3 nitrogen and oxygen atoms in total. The van der Waals surface area contributed by atoms with Crippen molar-refractivity contribution >= 4 is 62.3 Å². The lowest BCUT2D eigenvalue weighted by molar-refractivity contribution is 0.0998. The molecule has 0 aliphatic rings. The number of nitrogens with zero attached hydrogens (tertiary/aromatic N) is 2. The average molecular weight is 398 g/mol. The molecule has 2 aromatic carbocycles. The van der Waals surface area contributed by atoms with E-state index in [0.29, 0.717) is 32.0 Å². The molecule has 1 aromatic heterocycles. The van der Waals surface area contributed by atoms with Crippen LogP contribution in [0, 0.1) is 0 Å². The molecule has 0 N–H and O–H groups in total. The summed E-state index contributed by atoms with van der Waals surface area (Å²) in [6.07, 6.45) is 1.73. The van der Waals surface area contributed by atoms with E-state index in [9.17, 15) is 4.79 Å². The number of allylic oxidation sites excluding steroid dienone is 1. The van der Waals surface area contributed by atoms with Gasteiger partial charge in [0.2, 0.25) is 0 Å². The number of halogens is 3. The first-order valence-electron chi connectivity index (χ1n) is 6.93. The highest BCUT2D eigenvalue weighted by Crippen LogP contribution is 2.29. The van der Waals surface area contributed by atoms with E-state index >= 15 is 0 Å². The van der Waals surface area contributed by atoms with Crippen LogP contribution in [0.25, 0.3) is 10.2 Å². The van der Waals surface area contributed by atoms with Gasteiger partial charge in [-0.15, -0.1) is 6.58 Å². The van der Waals surface area contributed by atoms with Crippen molar-refractivity contribution < 1.29 is 4.79 Å². The van der Waals surface area contributed by atoms with E-state index < -0.39 is 0 Å². The van der Waals surface area contributed by atoms with Crippen LogP contribution in [-0.2, 0) is 6.54 Å². The lowest BCUT2D eigenvalue weighted by Crippen LogP contribution is -2.16. The van der Waals surface area contributed by atoms with Crippen molar-refractivity contribution in [2.45, 2.75) is 6.54 Å². The van der Waals surface area contributed by atoms with Gasteiger partial charge in [-0.25, -0.2) is 0 Å². The zero-order chi connectivity index (χ0) is 17.3. The lowest BCUT2D eigenvalue weighted by atomic mass is 10.2. The minimum absolute atomic E-state index is 0.349. The Morgan fingerprint density at radius 1 is 1.17 bits per heavy atom. The van der Waals surface area contributed by atoms with Gasteiger partial charge in [-0.3, -0.25) is 4.79 Å². The smallest absolute Gasteiger partial charge is 0.279 e. The van der Waals surface area contributed by atoms with Crippen LogP contribution >= 0.6 is 46.1 Å². The fourth-order valence-corrected chi connectivity index (χ4v) is 4.20. The maximum atomic E-state index is 12.4. The first-order valence-corrected chi connectivity index (χ1v) is 8.88. The Hall–Kier alpha value is -1.59. The van der Waals surface area contributed by atoms with Gasteiger partial charge in [0.25, 0.3) is 5.91 Å². The maximum absolute atomic E-state index is 12.4. The Balaban J connectivity index is 2.19. The molecule has 7 heteroatoms. The molecule has 0 spiro atoms. The van der Waals surface area contributed by atoms with Crippen LogP contribution in [0.1, 0.15) is 10.4 Å². The molecule has 0 saturated heterocycles. The summed E-state index contributed by atoms with van der Waals surface area (Å²) in [4.78, 5) is 17.2. The molecule has 3 aromatic rings. The van der Waals surface area contributed by atoms with E-state index in [1.165, 1.54) is 11.3 Å². The normalized spacial score (nSPS) is 11.9. The molecule has 0 saturated carbocycles. The number of fused-ring (bicyclic) bond motifs is 1. The van der Waals surface area contributed by atoms with Gasteiger partial charge in [0.05, 0.1) is 15.2 Å². The molecule has 0 unspecified atom stereocenters. The van der Waals surface area contributed by atoms with E-state index in [1.54, 1.807) is 42.5 Å². The van der Waals surface area contributed by atoms with Crippen LogP contribution in [-0.4, -0.2) is 10.5 Å².